The van der Waals surface area contributed by atoms with Crippen LogP contribution in [0, 0.1) is 0 Å². The first-order chi connectivity index (χ1) is 16.4. The van der Waals surface area contributed by atoms with Crippen LogP contribution in [0.5, 0.6) is 0 Å². The van der Waals surface area contributed by atoms with Gasteiger partial charge in [0.15, 0.2) is 0 Å². The lowest BCUT2D eigenvalue weighted by Crippen LogP contribution is -2.31. The number of para-hydroxylation sites is 1. The molecule has 1 aliphatic heterocycles. The number of aliphatic carboxylic acids is 1. The second kappa shape index (κ2) is 10.3. The van der Waals surface area contributed by atoms with E-state index in [1.165, 1.54) is 5.56 Å². The third-order valence-corrected chi connectivity index (χ3v) is 6.59. The van der Waals surface area contributed by atoms with Gasteiger partial charge >= 0.3 is 5.97 Å². The first kappa shape index (κ1) is 23.8. The molecule has 0 atom stereocenters. The molecule has 5 nitrogen and oxygen atoms in total. The van der Waals surface area contributed by atoms with Crippen LogP contribution in [-0.4, -0.2) is 24.2 Å². The zero-order valence-corrected chi connectivity index (χ0v) is 20.4. The van der Waals surface area contributed by atoms with Crippen LogP contribution < -0.4 is 15.2 Å². The second-order valence-electron chi connectivity index (χ2n) is 9.75. The average molecular weight is 460 g/mol. The van der Waals surface area contributed by atoms with E-state index in [1.807, 2.05) is 18.2 Å². The smallest absolute Gasteiger partial charge is 0.303 e. The first-order valence-electron chi connectivity index (χ1n) is 12.3. The molecular formula is C29H35N2O3+. The summed E-state index contributed by atoms with van der Waals surface area (Å²) in [6, 6.07) is 19.0. The van der Waals surface area contributed by atoms with Crippen LogP contribution in [0.4, 0.5) is 5.69 Å². The molecule has 0 aromatic heterocycles. The SMILES string of the molecule is CC[N+](CCCCCC(=O)O)=c1ccc2cc3c(oc-2c1)C=C(Nc1ccccc1)CC3(C)C. The molecule has 0 bridgehead atoms. The van der Waals surface area contributed by atoms with Crippen molar-refractivity contribution in [2.45, 2.75) is 58.3 Å². The van der Waals surface area contributed by atoms with Crippen molar-refractivity contribution in [2.75, 3.05) is 18.4 Å². The summed E-state index contributed by atoms with van der Waals surface area (Å²) >= 11 is 0. The molecule has 0 saturated carbocycles. The van der Waals surface area contributed by atoms with Crippen LogP contribution >= 0.6 is 0 Å². The molecule has 5 heteroatoms. The highest BCUT2D eigenvalue weighted by molar-refractivity contribution is 5.69. The Labute approximate surface area is 201 Å². The number of unbranched alkanes of at least 4 members (excludes halogenated alkanes) is 2. The zero-order chi connectivity index (χ0) is 24.1. The topological polar surface area (TPSA) is 65.5 Å². The molecule has 4 rings (SSSR count). The summed E-state index contributed by atoms with van der Waals surface area (Å²) in [7, 11) is 0. The molecule has 1 aromatic carbocycles. The van der Waals surface area contributed by atoms with E-state index >= 15 is 0 Å². The predicted octanol–water partition coefficient (Wildman–Crippen LogP) is 5.96. The lowest BCUT2D eigenvalue weighted by molar-refractivity contribution is -0.137. The normalized spacial score (nSPS) is 15.4. The van der Waals surface area contributed by atoms with Gasteiger partial charge in [-0.05, 0) is 55.9 Å². The molecule has 1 aromatic rings. The molecule has 2 aliphatic carbocycles. The molecule has 1 heterocycles. The zero-order valence-electron chi connectivity index (χ0n) is 20.4. The molecule has 0 saturated heterocycles. The van der Waals surface area contributed by atoms with Gasteiger partial charge in [-0.1, -0.05) is 32.0 Å². The van der Waals surface area contributed by atoms with Crippen LogP contribution in [0.25, 0.3) is 17.4 Å². The number of carboxylic acid groups (broad SMARTS) is 1. The predicted molar refractivity (Wildman–Crippen MR) is 138 cm³/mol. The van der Waals surface area contributed by atoms with E-state index in [-0.39, 0.29) is 11.8 Å². The monoisotopic (exact) mass is 459 g/mol. The highest BCUT2D eigenvalue weighted by atomic mass is 16.4. The fraction of sp³-hybridized carbons (Fsp3) is 0.379. The maximum atomic E-state index is 10.7. The quantitative estimate of drug-likeness (QED) is 0.306. The minimum atomic E-state index is -0.717. The van der Waals surface area contributed by atoms with E-state index in [4.69, 9.17) is 9.52 Å². The van der Waals surface area contributed by atoms with Crippen molar-refractivity contribution in [3.8, 4) is 11.3 Å². The van der Waals surface area contributed by atoms with Crippen molar-refractivity contribution >= 4 is 17.7 Å². The van der Waals surface area contributed by atoms with E-state index in [1.54, 1.807) is 0 Å². The van der Waals surface area contributed by atoms with Crippen LogP contribution in [-0.2, 0) is 10.2 Å². The Kier molecular flexibility index (Phi) is 7.20. The Morgan fingerprint density at radius 3 is 2.62 bits per heavy atom. The van der Waals surface area contributed by atoms with Crippen LogP contribution in [0.15, 0.2) is 64.7 Å². The largest absolute Gasteiger partial charge is 0.481 e. The van der Waals surface area contributed by atoms with Gasteiger partial charge in [-0.3, -0.25) is 4.79 Å². The third kappa shape index (κ3) is 5.58. The van der Waals surface area contributed by atoms with Crippen molar-refractivity contribution in [3.63, 3.8) is 0 Å². The van der Waals surface area contributed by atoms with Gasteiger partial charge in [-0.25, -0.2) is 4.58 Å². The number of nitrogens with one attached hydrogen (secondary N) is 1. The van der Waals surface area contributed by atoms with Crippen LogP contribution in [0.1, 0.15) is 64.2 Å². The number of benzene rings is 2. The van der Waals surface area contributed by atoms with E-state index < -0.39 is 5.97 Å². The number of carbonyl (C=O) groups is 1. The van der Waals surface area contributed by atoms with E-state index in [2.05, 4.69) is 73.1 Å². The van der Waals surface area contributed by atoms with Crippen molar-refractivity contribution in [1.82, 2.24) is 4.58 Å². The Morgan fingerprint density at radius 1 is 1.09 bits per heavy atom. The summed E-state index contributed by atoms with van der Waals surface area (Å²) in [5, 5.41) is 13.5. The number of fused-ring (bicyclic) bond motifs is 2. The molecule has 34 heavy (non-hydrogen) atoms. The number of rotatable bonds is 9. The average Bonchev–Trinajstić information content (AvgIpc) is 2.80. The Morgan fingerprint density at radius 2 is 1.88 bits per heavy atom. The Hall–Kier alpha value is -3.34. The van der Waals surface area contributed by atoms with Gasteiger partial charge in [-0.15, -0.1) is 0 Å². The maximum Gasteiger partial charge on any atom is 0.303 e. The van der Waals surface area contributed by atoms with Gasteiger partial charge in [0.1, 0.15) is 24.6 Å². The third-order valence-electron chi connectivity index (χ3n) is 6.59. The molecule has 0 unspecified atom stereocenters. The first-order valence-corrected chi connectivity index (χ1v) is 12.3. The number of hydrogen-bond donors (Lipinski definition) is 2. The molecule has 2 N–H and O–H groups in total. The number of carboxylic acids is 1. The second-order valence-corrected chi connectivity index (χ2v) is 9.75. The summed E-state index contributed by atoms with van der Waals surface area (Å²) in [6.45, 7) is 8.49. The molecule has 0 fully saturated rings. The van der Waals surface area contributed by atoms with Crippen molar-refractivity contribution in [3.05, 3.63) is 77.0 Å². The van der Waals surface area contributed by atoms with Gasteiger partial charge in [0.05, 0.1) is 6.07 Å². The lowest BCUT2D eigenvalue weighted by Gasteiger charge is -2.32. The van der Waals surface area contributed by atoms with Gasteiger partial charge < -0.3 is 14.8 Å². The summed E-state index contributed by atoms with van der Waals surface area (Å²) in [4.78, 5) is 10.7. The number of allylic oxidation sites excluding steroid dienone is 1. The molecular weight excluding hydrogens is 424 g/mol. The van der Waals surface area contributed by atoms with Crippen molar-refractivity contribution < 1.29 is 14.3 Å². The molecule has 178 valence electrons. The van der Waals surface area contributed by atoms with E-state index in [0.29, 0.717) is 0 Å². The highest BCUT2D eigenvalue weighted by Gasteiger charge is 2.31. The number of hydrogen-bond acceptors (Lipinski definition) is 3. The van der Waals surface area contributed by atoms with Crippen molar-refractivity contribution in [2.24, 2.45) is 0 Å². The number of nitrogens with zero attached hydrogens (tertiary/aromatic N) is 1. The summed E-state index contributed by atoms with van der Waals surface area (Å²) in [5.74, 6) is 1.08. The molecule has 0 spiro atoms. The van der Waals surface area contributed by atoms with Crippen LogP contribution in [0.2, 0.25) is 0 Å². The summed E-state index contributed by atoms with van der Waals surface area (Å²) < 4.78 is 8.81. The minimum absolute atomic E-state index is 0.0387. The van der Waals surface area contributed by atoms with Gasteiger partial charge in [0.25, 0.3) is 0 Å². The Balaban J connectivity index is 1.64. The van der Waals surface area contributed by atoms with E-state index in [9.17, 15) is 4.79 Å². The standard InChI is InChI=1S/C29H34N2O3/c1-4-31(16-10-6-9-13-28(32)33)24-15-14-21-17-25-27(34-26(21)19-24)18-23(20-29(25,2)3)30-22-11-7-5-8-12-22/h5,7-8,11-12,14-15,17-19H,4,6,9-10,13,16,20H2,1-3H3,(H,32,33)/p+1. The number of anilines is 1. The fourth-order valence-electron chi connectivity index (χ4n) is 4.76. The highest BCUT2D eigenvalue weighted by Crippen LogP contribution is 2.41. The fourth-order valence-corrected chi connectivity index (χ4v) is 4.76. The van der Waals surface area contributed by atoms with Crippen LogP contribution in [0.3, 0.4) is 0 Å². The molecule has 3 aliphatic rings. The van der Waals surface area contributed by atoms with Gasteiger partial charge in [0, 0.05) is 47.5 Å². The summed E-state index contributed by atoms with van der Waals surface area (Å²) in [6.07, 6.45) is 5.93. The minimum Gasteiger partial charge on any atom is -0.481 e. The maximum absolute atomic E-state index is 10.7. The van der Waals surface area contributed by atoms with Gasteiger partial charge in [0.2, 0.25) is 5.36 Å². The van der Waals surface area contributed by atoms with Gasteiger partial charge in [-0.2, -0.15) is 0 Å². The Bertz CT molecular complexity index is 1220. The summed E-state index contributed by atoms with van der Waals surface area (Å²) in [5.41, 5.74) is 4.54. The van der Waals surface area contributed by atoms with E-state index in [0.717, 1.165) is 72.6 Å². The molecule has 0 radical (unpaired) electrons. The lowest BCUT2D eigenvalue weighted by atomic mass is 9.76. The molecule has 0 amide bonds. The van der Waals surface area contributed by atoms with Crippen molar-refractivity contribution in [1.29, 1.82) is 0 Å².